The lowest BCUT2D eigenvalue weighted by Gasteiger charge is -2.32. The number of halogens is 3. The van der Waals surface area contributed by atoms with Crippen molar-refractivity contribution in [2.24, 2.45) is 11.8 Å². The van der Waals surface area contributed by atoms with Gasteiger partial charge in [0.25, 0.3) is 0 Å². The highest BCUT2D eigenvalue weighted by atomic mass is 19.4. The van der Waals surface area contributed by atoms with Crippen molar-refractivity contribution in [1.82, 2.24) is 4.98 Å². The average Bonchev–Trinajstić information content (AvgIpc) is 2.69. The summed E-state index contributed by atoms with van der Waals surface area (Å²) in [5.41, 5.74) is -0.459. The van der Waals surface area contributed by atoms with Crippen LogP contribution in [-0.4, -0.2) is 23.7 Å². The minimum Gasteiger partial charge on any atom is -0.490 e. The van der Waals surface area contributed by atoms with E-state index in [0.29, 0.717) is 17.7 Å². The summed E-state index contributed by atoms with van der Waals surface area (Å²) in [6, 6.07) is 5.21. The van der Waals surface area contributed by atoms with Crippen molar-refractivity contribution in [3.63, 3.8) is 0 Å². The number of aromatic nitrogens is 1. The number of carbonyl (C=O) groups is 1. The van der Waals surface area contributed by atoms with Crippen LogP contribution in [0.1, 0.15) is 51.5 Å². The summed E-state index contributed by atoms with van der Waals surface area (Å²) in [6.45, 7) is 4.20. The third-order valence-electron chi connectivity index (χ3n) is 5.64. The quantitative estimate of drug-likeness (QED) is 0.568. The highest BCUT2D eigenvalue weighted by Gasteiger charge is 2.33. The highest BCUT2D eigenvalue weighted by Crippen LogP contribution is 2.37. The van der Waals surface area contributed by atoms with Crippen LogP contribution in [0.25, 0.3) is 10.9 Å². The van der Waals surface area contributed by atoms with Crippen molar-refractivity contribution in [3.05, 3.63) is 36.0 Å². The summed E-state index contributed by atoms with van der Waals surface area (Å²) in [6.07, 6.45) is 1.12. The molecule has 158 valence electrons. The maximum absolute atomic E-state index is 12.9. The molecule has 0 bridgehead atoms. The van der Waals surface area contributed by atoms with Gasteiger partial charge in [-0.25, -0.2) is 0 Å². The lowest BCUT2D eigenvalue weighted by atomic mass is 9.78. The molecule has 1 aliphatic rings. The van der Waals surface area contributed by atoms with E-state index in [2.05, 4.69) is 4.98 Å². The van der Waals surface area contributed by atoms with Crippen molar-refractivity contribution >= 4 is 16.9 Å². The second-order valence-electron chi connectivity index (χ2n) is 7.46. The molecule has 0 saturated heterocycles. The Kier molecular flexibility index (Phi) is 6.65. The Morgan fingerprint density at radius 3 is 2.52 bits per heavy atom. The van der Waals surface area contributed by atoms with Gasteiger partial charge in [0, 0.05) is 11.6 Å². The van der Waals surface area contributed by atoms with Crippen molar-refractivity contribution in [1.29, 1.82) is 0 Å². The summed E-state index contributed by atoms with van der Waals surface area (Å²) in [7, 11) is 0. The molecule has 1 fully saturated rings. The van der Waals surface area contributed by atoms with E-state index in [-0.39, 0.29) is 29.4 Å². The number of rotatable bonds is 6. The third-order valence-corrected chi connectivity index (χ3v) is 5.64. The standard InChI is InChI=1S/C22H26F3NO3/c1-3-17(21(27)28-4-2)14-5-8-16(9-6-14)29-20-11-12-26-19-13-15(22(23,24)25)7-10-18(19)20/h7,10-14,16-17H,3-6,8-9H2,1-2H3/t14-,16-,17?. The molecule has 0 aliphatic heterocycles. The molecule has 2 aromatic rings. The lowest BCUT2D eigenvalue weighted by Crippen LogP contribution is -2.32. The first-order valence-electron chi connectivity index (χ1n) is 10.1. The molecule has 1 unspecified atom stereocenters. The summed E-state index contributed by atoms with van der Waals surface area (Å²) >= 11 is 0. The minimum absolute atomic E-state index is 0.0288. The van der Waals surface area contributed by atoms with Crippen molar-refractivity contribution < 1.29 is 27.4 Å². The number of ether oxygens (including phenoxy) is 2. The number of benzene rings is 1. The number of alkyl halides is 3. The molecule has 1 aromatic carbocycles. The minimum atomic E-state index is -4.40. The Bertz CT molecular complexity index is 845. The van der Waals surface area contributed by atoms with E-state index in [9.17, 15) is 18.0 Å². The van der Waals surface area contributed by atoms with Crippen molar-refractivity contribution in [3.8, 4) is 5.75 Å². The third kappa shape index (κ3) is 5.00. The summed E-state index contributed by atoms with van der Waals surface area (Å²) in [5, 5.41) is 0.570. The largest absolute Gasteiger partial charge is 0.490 e. The Morgan fingerprint density at radius 2 is 1.90 bits per heavy atom. The molecule has 1 aromatic heterocycles. The molecule has 4 nitrogen and oxygen atoms in total. The fraction of sp³-hybridized carbons (Fsp3) is 0.545. The molecule has 1 saturated carbocycles. The van der Waals surface area contributed by atoms with E-state index in [4.69, 9.17) is 9.47 Å². The molecule has 0 radical (unpaired) electrons. The van der Waals surface area contributed by atoms with Crippen LogP contribution in [0.2, 0.25) is 0 Å². The predicted octanol–water partition coefficient (Wildman–Crippen LogP) is 5.78. The van der Waals surface area contributed by atoms with E-state index in [1.807, 2.05) is 13.8 Å². The van der Waals surface area contributed by atoms with E-state index in [1.165, 1.54) is 12.3 Å². The summed E-state index contributed by atoms with van der Waals surface area (Å²) in [5.74, 6) is 0.616. The average molecular weight is 409 g/mol. The fourth-order valence-corrected chi connectivity index (χ4v) is 4.13. The molecule has 29 heavy (non-hydrogen) atoms. The van der Waals surface area contributed by atoms with Gasteiger partial charge in [0.15, 0.2) is 0 Å². The molecule has 3 rings (SSSR count). The fourth-order valence-electron chi connectivity index (χ4n) is 4.13. The first-order valence-corrected chi connectivity index (χ1v) is 10.1. The van der Waals surface area contributed by atoms with E-state index in [0.717, 1.165) is 44.2 Å². The Balaban J connectivity index is 1.67. The second-order valence-corrected chi connectivity index (χ2v) is 7.46. The monoisotopic (exact) mass is 409 g/mol. The van der Waals surface area contributed by atoms with Crippen LogP contribution in [0, 0.1) is 11.8 Å². The van der Waals surface area contributed by atoms with Crippen LogP contribution >= 0.6 is 0 Å². The number of carbonyl (C=O) groups excluding carboxylic acids is 1. The molecular weight excluding hydrogens is 383 g/mol. The summed E-state index contributed by atoms with van der Waals surface area (Å²) < 4.78 is 50.1. The van der Waals surface area contributed by atoms with Crippen LogP contribution in [0.15, 0.2) is 30.5 Å². The lowest BCUT2D eigenvalue weighted by molar-refractivity contribution is -0.151. The van der Waals surface area contributed by atoms with Gasteiger partial charge in [-0.15, -0.1) is 0 Å². The Hall–Kier alpha value is -2.31. The SMILES string of the molecule is CCOC(=O)C(CC)[C@H]1CC[C@H](Oc2ccnc3cc(C(F)(F)F)ccc23)CC1. The topological polar surface area (TPSA) is 48.4 Å². The Morgan fingerprint density at radius 1 is 1.17 bits per heavy atom. The van der Waals surface area contributed by atoms with Gasteiger partial charge in [-0.1, -0.05) is 6.92 Å². The van der Waals surface area contributed by atoms with Gasteiger partial charge in [-0.05, 0) is 69.2 Å². The van der Waals surface area contributed by atoms with Gasteiger partial charge in [0.2, 0.25) is 0 Å². The zero-order valence-electron chi connectivity index (χ0n) is 16.7. The molecule has 1 heterocycles. The summed E-state index contributed by atoms with van der Waals surface area (Å²) in [4.78, 5) is 16.2. The first kappa shape index (κ1) is 21.4. The maximum atomic E-state index is 12.9. The van der Waals surface area contributed by atoms with Crippen molar-refractivity contribution in [2.45, 2.75) is 58.2 Å². The van der Waals surface area contributed by atoms with E-state index in [1.54, 1.807) is 6.07 Å². The number of hydrogen-bond acceptors (Lipinski definition) is 4. The van der Waals surface area contributed by atoms with Gasteiger partial charge >= 0.3 is 12.1 Å². The van der Waals surface area contributed by atoms with Crippen LogP contribution in [-0.2, 0) is 15.7 Å². The highest BCUT2D eigenvalue weighted by molar-refractivity contribution is 5.85. The zero-order valence-corrected chi connectivity index (χ0v) is 16.7. The predicted molar refractivity (Wildman–Crippen MR) is 104 cm³/mol. The molecule has 7 heteroatoms. The Labute approximate surface area is 168 Å². The smallest absolute Gasteiger partial charge is 0.416 e. The van der Waals surface area contributed by atoms with Gasteiger partial charge < -0.3 is 9.47 Å². The van der Waals surface area contributed by atoms with Crippen molar-refractivity contribution in [2.75, 3.05) is 6.61 Å². The molecule has 0 N–H and O–H groups in total. The normalized spacial score (nSPS) is 21.0. The zero-order chi connectivity index (χ0) is 21.0. The van der Waals surface area contributed by atoms with Crippen LogP contribution in [0.5, 0.6) is 5.75 Å². The molecule has 0 spiro atoms. The van der Waals surface area contributed by atoms with E-state index >= 15 is 0 Å². The first-order chi connectivity index (χ1) is 13.8. The van der Waals surface area contributed by atoms with Crippen LogP contribution in [0.4, 0.5) is 13.2 Å². The molecule has 1 aliphatic carbocycles. The van der Waals surface area contributed by atoms with E-state index < -0.39 is 11.7 Å². The van der Waals surface area contributed by atoms with Gasteiger partial charge in [-0.3, -0.25) is 9.78 Å². The molecule has 1 atom stereocenters. The van der Waals surface area contributed by atoms with Gasteiger partial charge in [0.1, 0.15) is 5.75 Å². The number of esters is 1. The van der Waals surface area contributed by atoms with Crippen LogP contribution < -0.4 is 4.74 Å². The molecular formula is C22H26F3NO3. The van der Waals surface area contributed by atoms with Gasteiger partial charge in [-0.2, -0.15) is 13.2 Å². The number of hydrogen-bond donors (Lipinski definition) is 0. The molecule has 0 amide bonds. The van der Waals surface area contributed by atoms with Gasteiger partial charge in [0.05, 0.1) is 29.7 Å². The second kappa shape index (κ2) is 9.01. The van der Waals surface area contributed by atoms with Crippen LogP contribution in [0.3, 0.4) is 0 Å². The number of fused-ring (bicyclic) bond motifs is 1. The maximum Gasteiger partial charge on any atom is 0.416 e. The number of nitrogens with zero attached hydrogens (tertiary/aromatic N) is 1. The number of pyridine rings is 1.